The lowest BCUT2D eigenvalue weighted by atomic mass is 10.2. The van der Waals surface area contributed by atoms with Crippen molar-refractivity contribution in [2.24, 2.45) is 0 Å². The molecule has 3 heterocycles. The van der Waals surface area contributed by atoms with Gasteiger partial charge < -0.3 is 9.32 Å². The number of aryl methyl sites for hydroxylation is 1. The summed E-state index contributed by atoms with van der Waals surface area (Å²) in [5, 5.41) is 0.684. The molecule has 9 heteroatoms. The fourth-order valence-corrected chi connectivity index (χ4v) is 4.36. The molecule has 0 N–H and O–H groups in total. The summed E-state index contributed by atoms with van der Waals surface area (Å²) in [5.74, 6) is 0.965. The second-order valence-corrected chi connectivity index (χ2v) is 8.14. The molecule has 154 valence electrons. The topological polar surface area (TPSA) is 49.6 Å². The van der Waals surface area contributed by atoms with Crippen molar-refractivity contribution in [1.82, 2.24) is 14.8 Å². The fraction of sp³-hybridized carbons (Fsp3) is 0.400. The van der Waals surface area contributed by atoms with E-state index in [4.69, 9.17) is 4.42 Å². The van der Waals surface area contributed by atoms with Crippen LogP contribution in [0.5, 0.6) is 0 Å². The molecule has 3 aromatic rings. The highest BCUT2D eigenvalue weighted by Gasteiger charge is 2.30. The maximum Gasteiger partial charge on any atom is 0.416 e. The largest absolute Gasteiger partial charge is 0.468 e. The quantitative estimate of drug-likeness (QED) is 0.618. The van der Waals surface area contributed by atoms with E-state index in [1.54, 1.807) is 6.26 Å². The molecular weight excluding hydrogens is 403 g/mol. The number of hydrogen-bond donors (Lipinski definition) is 0. The number of carbonyl (C=O) groups is 1. The Morgan fingerprint density at radius 2 is 1.97 bits per heavy atom. The van der Waals surface area contributed by atoms with Gasteiger partial charge in [-0.2, -0.15) is 13.2 Å². The van der Waals surface area contributed by atoms with E-state index in [0.717, 1.165) is 37.5 Å². The number of halogens is 3. The number of nitrogens with zero attached hydrogens (tertiary/aromatic N) is 3. The van der Waals surface area contributed by atoms with Crippen molar-refractivity contribution in [3.8, 4) is 0 Å². The summed E-state index contributed by atoms with van der Waals surface area (Å²) in [6.07, 6.45) is -1.98. The van der Waals surface area contributed by atoms with Crippen LogP contribution in [0.1, 0.15) is 22.8 Å². The molecule has 0 atom stereocenters. The minimum atomic E-state index is -4.38. The molecule has 0 radical (unpaired) electrons. The van der Waals surface area contributed by atoms with E-state index in [0.29, 0.717) is 41.2 Å². The van der Waals surface area contributed by atoms with Crippen LogP contribution in [0.3, 0.4) is 0 Å². The number of fused-ring (bicyclic) bond motifs is 1. The number of thiazole rings is 1. The minimum absolute atomic E-state index is 0.0536. The Morgan fingerprint density at radius 1 is 1.17 bits per heavy atom. The van der Waals surface area contributed by atoms with Crippen LogP contribution in [0.4, 0.5) is 13.2 Å². The highest BCUT2D eigenvalue weighted by Crippen LogP contribution is 2.33. The summed E-state index contributed by atoms with van der Waals surface area (Å²) in [6.45, 7) is 3.63. The van der Waals surface area contributed by atoms with Crippen LogP contribution in [-0.2, 0) is 23.9 Å². The molecule has 1 fully saturated rings. The number of hydrogen-bond acceptors (Lipinski definition) is 5. The molecule has 1 aliphatic rings. The molecule has 5 nitrogen and oxygen atoms in total. The van der Waals surface area contributed by atoms with Gasteiger partial charge in [0.1, 0.15) is 5.76 Å². The highest BCUT2D eigenvalue weighted by molar-refractivity contribution is 7.18. The van der Waals surface area contributed by atoms with Crippen LogP contribution in [0, 0.1) is 0 Å². The van der Waals surface area contributed by atoms with Gasteiger partial charge in [-0.3, -0.25) is 9.69 Å². The molecule has 2 aromatic heterocycles. The molecule has 1 saturated heterocycles. The number of aromatic nitrogens is 1. The number of amides is 1. The average molecular weight is 423 g/mol. The Labute approximate surface area is 169 Å². The fourth-order valence-electron chi connectivity index (χ4n) is 3.41. The molecule has 4 rings (SSSR count). The molecule has 1 aliphatic heterocycles. The number of piperazine rings is 1. The molecule has 0 aliphatic carbocycles. The molecule has 0 bridgehead atoms. The van der Waals surface area contributed by atoms with Gasteiger partial charge in [-0.1, -0.05) is 0 Å². The summed E-state index contributed by atoms with van der Waals surface area (Å²) in [5.41, 5.74) is -0.371. The second-order valence-electron chi connectivity index (χ2n) is 7.02. The molecule has 29 heavy (non-hydrogen) atoms. The van der Waals surface area contributed by atoms with Gasteiger partial charge in [-0.25, -0.2) is 4.98 Å². The SMILES string of the molecule is O=C(CCc1nc2cc(C(F)(F)F)ccc2s1)N1CCN(Cc2ccco2)CC1. The van der Waals surface area contributed by atoms with E-state index in [2.05, 4.69) is 9.88 Å². The Kier molecular flexibility index (Phi) is 5.60. The van der Waals surface area contributed by atoms with Gasteiger partial charge in [0.2, 0.25) is 5.91 Å². The van der Waals surface area contributed by atoms with Crippen LogP contribution in [-0.4, -0.2) is 46.9 Å². The van der Waals surface area contributed by atoms with Gasteiger partial charge in [0.05, 0.1) is 33.6 Å². The van der Waals surface area contributed by atoms with Crippen molar-refractivity contribution in [2.75, 3.05) is 26.2 Å². The summed E-state index contributed by atoms with van der Waals surface area (Å²) in [7, 11) is 0. The van der Waals surface area contributed by atoms with Gasteiger partial charge in [0.15, 0.2) is 0 Å². The normalized spacial score (nSPS) is 15.9. The third kappa shape index (κ3) is 4.79. The first kappa shape index (κ1) is 19.9. The standard InChI is InChI=1S/C20H20F3N3O2S/c21-20(22,23)14-3-4-17-16(12-14)24-18(29-17)5-6-19(27)26-9-7-25(8-10-26)13-15-2-1-11-28-15/h1-4,11-12H,5-10,13H2. The zero-order valence-electron chi connectivity index (χ0n) is 15.6. The number of rotatable bonds is 5. The zero-order valence-corrected chi connectivity index (χ0v) is 16.4. The van der Waals surface area contributed by atoms with Crippen LogP contribution < -0.4 is 0 Å². The minimum Gasteiger partial charge on any atom is -0.468 e. The van der Waals surface area contributed by atoms with Crippen molar-refractivity contribution in [2.45, 2.75) is 25.6 Å². The van der Waals surface area contributed by atoms with Gasteiger partial charge in [0, 0.05) is 39.0 Å². The second kappa shape index (κ2) is 8.16. The maximum absolute atomic E-state index is 12.8. The molecule has 1 amide bonds. The molecule has 0 spiro atoms. The van der Waals surface area contributed by atoms with E-state index in [9.17, 15) is 18.0 Å². The number of carbonyl (C=O) groups excluding carboxylic acids is 1. The van der Waals surface area contributed by atoms with Crippen molar-refractivity contribution in [3.05, 3.63) is 52.9 Å². The predicted octanol–water partition coefficient (Wildman–Crippen LogP) is 4.19. The Balaban J connectivity index is 1.29. The van der Waals surface area contributed by atoms with Gasteiger partial charge in [-0.05, 0) is 30.3 Å². The lowest BCUT2D eigenvalue weighted by Gasteiger charge is -2.34. The molecule has 1 aromatic carbocycles. The lowest BCUT2D eigenvalue weighted by molar-refractivity contribution is -0.137. The number of benzene rings is 1. The maximum atomic E-state index is 12.8. The van der Waals surface area contributed by atoms with E-state index in [1.807, 2.05) is 17.0 Å². The van der Waals surface area contributed by atoms with Crippen molar-refractivity contribution in [1.29, 1.82) is 0 Å². The van der Waals surface area contributed by atoms with Crippen molar-refractivity contribution < 1.29 is 22.4 Å². The Hall–Kier alpha value is -2.39. The van der Waals surface area contributed by atoms with Crippen LogP contribution >= 0.6 is 11.3 Å². The number of alkyl halides is 3. The lowest BCUT2D eigenvalue weighted by Crippen LogP contribution is -2.48. The van der Waals surface area contributed by atoms with Gasteiger partial charge >= 0.3 is 6.18 Å². The van der Waals surface area contributed by atoms with E-state index < -0.39 is 11.7 Å². The summed E-state index contributed by atoms with van der Waals surface area (Å²) in [4.78, 5) is 20.9. The smallest absolute Gasteiger partial charge is 0.416 e. The van der Waals surface area contributed by atoms with Gasteiger partial charge in [-0.15, -0.1) is 11.3 Å². The summed E-state index contributed by atoms with van der Waals surface area (Å²) in [6, 6.07) is 7.38. The summed E-state index contributed by atoms with van der Waals surface area (Å²) < 4.78 is 44.6. The Morgan fingerprint density at radius 3 is 2.66 bits per heavy atom. The first-order chi connectivity index (χ1) is 13.9. The van der Waals surface area contributed by atoms with E-state index in [-0.39, 0.29) is 5.91 Å². The monoisotopic (exact) mass is 423 g/mol. The summed E-state index contributed by atoms with van der Waals surface area (Å²) >= 11 is 1.34. The predicted molar refractivity (Wildman–Crippen MR) is 104 cm³/mol. The van der Waals surface area contributed by atoms with E-state index >= 15 is 0 Å². The van der Waals surface area contributed by atoms with E-state index in [1.165, 1.54) is 17.4 Å². The van der Waals surface area contributed by atoms with Gasteiger partial charge in [0.25, 0.3) is 0 Å². The molecule has 0 unspecified atom stereocenters. The Bertz CT molecular complexity index is 977. The average Bonchev–Trinajstić information content (AvgIpc) is 3.34. The first-order valence-corrected chi connectivity index (χ1v) is 10.2. The first-order valence-electron chi connectivity index (χ1n) is 9.38. The third-order valence-electron chi connectivity index (χ3n) is 5.00. The number of furan rings is 1. The van der Waals surface area contributed by atoms with Crippen LogP contribution in [0.15, 0.2) is 41.0 Å². The van der Waals surface area contributed by atoms with Crippen molar-refractivity contribution in [3.63, 3.8) is 0 Å². The third-order valence-corrected chi connectivity index (χ3v) is 6.09. The van der Waals surface area contributed by atoms with Crippen molar-refractivity contribution >= 4 is 27.5 Å². The van der Waals surface area contributed by atoms with Crippen LogP contribution in [0.25, 0.3) is 10.2 Å². The molecule has 0 saturated carbocycles. The molecular formula is C20H20F3N3O2S. The highest BCUT2D eigenvalue weighted by atomic mass is 32.1. The zero-order chi connectivity index (χ0) is 20.4. The van der Waals surface area contributed by atoms with Crippen LogP contribution in [0.2, 0.25) is 0 Å².